The van der Waals surface area contributed by atoms with Crippen LogP contribution in [0.3, 0.4) is 0 Å². The van der Waals surface area contributed by atoms with Gasteiger partial charge in [0.25, 0.3) is 0 Å². The van der Waals surface area contributed by atoms with E-state index in [9.17, 15) is 45.6 Å². The summed E-state index contributed by atoms with van der Waals surface area (Å²) in [5.41, 5.74) is 2.14. The zero-order valence-electron chi connectivity index (χ0n) is 31.7. The topological polar surface area (TPSA) is 234 Å². The van der Waals surface area contributed by atoms with E-state index in [1.54, 1.807) is 6.92 Å². The van der Waals surface area contributed by atoms with Gasteiger partial charge < -0.3 is 69.3 Å². The highest BCUT2D eigenvalue weighted by molar-refractivity contribution is 5.95. The SMILES string of the molecule is CC(=O)C1=CC[C@@H]2[C@@H]3CC=C4C[C@@H](O[C@@H]5O[C@H](CO)[C@@H](O[C@@H]6O[C@@H](C)[C@H](O)[C@@H](O)[C@H]6O)[C@H](O)[C@H]5O[C@@H]5O[C@@H](C)[C@H](O)[C@@H](O)[C@H]5O)CC[C@]4(C)[C@H]3CC[C@]12C. The van der Waals surface area contributed by atoms with Crippen molar-refractivity contribution in [3.63, 3.8) is 0 Å². The Morgan fingerprint density at radius 3 is 1.89 bits per heavy atom. The number of hydrogen-bond acceptors (Lipinski definition) is 15. The second-order valence-electron chi connectivity index (χ2n) is 17.4. The van der Waals surface area contributed by atoms with E-state index < -0.39 is 98.7 Å². The molecule has 306 valence electrons. The van der Waals surface area contributed by atoms with Crippen molar-refractivity contribution < 1.29 is 74.1 Å². The minimum atomic E-state index is -1.71. The standard InChI is InChI=1S/C39H60O15/c1-16(41)22-8-9-23-21-7-6-19-14-20(10-12-38(19,4)24(21)11-13-39(22,23)5)51-37-34(54-36-31(47)29(45)27(43)18(3)50-36)32(48)33(25(15-40)52-37)53-35-30(46)28(44)26(42)17(2)49-35/h6,8,17-18,20-21,23-37,40,42-48H,7,9-15H2,1-5H3/t17-,18-,20-,21-,23+,24-,25+,26-,27-,28+,29+,30+,31+,32-,33+,34+,35-,36-,37+,38-,39+/m0/s1. The van der Waals surface area contributed by atoms with Gasteiger partial charge >= 0.3 is 0 Å². The van der Waals surface area contributed by atoms with Gasteiger partial charge in [-0.3, -0.25) is 4.79 Å². The van der Waals surface area contributed by atoms with E-state index in [0.29, 0.717) is 30.6 Å². The average molecular weight is 769 g/mol. The van der Waals surface area contributed by atoms with Crippen LogP contribution in [0.4, 0.5) is 0 Å². The molecule has 2 saturated carbocycles. The number of aliphatic hydroxyl groups is 8. The number of rotatable bonds is 8. The lowest BCUT2D eigenvalue weighted by molar-refractivity contribution is -0.388. The van der Waals surface area contributed by atoms with Crippen molar-refractivity contribution in [3.05, 3.63) is 23.3 Å². The molecule has 0 radical (unpaired) electrons. The van der Waals surface area contributed by atoms with Gasteiger partial charge in [-0.2, -0.15) is 0 Å². The van der Waals surface area contributed by atoms with Crippen LogP contribution < -0.4 is 0 Å². The smallest absolute Gasteiger partial charge is 0.187 e. The van der Waals surface area contributed by atoms with E-state index in [1.165, 1.54) is 19.4 Å². The molecule has 0 unspecified atom stereocenters. The van der Waals surface area contributed by atoms with Crippen LogP contribution in [0.15, 0.2) is 23.3 Å². The summed E-state index contributed by atoms with van der Waals surface area (Å²) < 4.78 is 36.2. The molecule has 5 fully saturated rings. The van der Waals surface area contributed by atoms with Crippen LogP contribution in [0.1, 0.15) is 79.6 Å². The van der Waals surface area contributed by atoms with Crippen LogP contribution in [-0.2, 0) is 33.2 Å². The van der Waals surface area contributed by atoms with Crippen LogP contribution in [0, 0.1) is 28.6 Å². The molecule has 0 spiro atoms. The lowest BCUT2D eigenvalue weighted by Gasteiger charge is -2.58. The predicted octanol–water partition coefficient (Wildman–Crippen LogP) is -0.0368. The van der Waals surface area contributed by atoms with Gasteiger partial charge in [-0.15, -0.1) is 0 Å². The number of ether oxygens (including phenoxy) is 6. The van der Waals surface area contributed by atoms with Gasteiger partial charge in [0.15, 0.2) is 24.7 Å². The maximum absolute atomic E-state index is 12.5. The summed E-state index contributed by atoms with van der Waals surface area (Å²) in [6, 6.07) is 0. The molecule has 21 atom stereocenters. The van der Waals surface area contributed by atoms with Crippen LogP contribution >= 0.6 is 0 Å². The summed E-state index contributed by atoms with van der Waals surface area (Å²) in [6.07, 6.45) is -11.4. The highest BCUT2D eigenvalue weighted by Crippen LogP contribution is 2.65. The molecule has 0 aromatic rings. The first kappa shape index (κ1) is 40.8. The third-order valence-electron chi connectivity index (χ3n) is 14.3. The maximum atomic E-state index is 12.5. The highest BCUT2D eigenvalue weighted by Gasteiger charge is 2.59. The zero-order chi connectivity index (χ0) is 39.0. The Balaban J connectivity index is 1.10. The molecule has 3 saturated heterocycles. The Labute approximate surface area is 315 Å². The molecule has 54 heavy (non-hydrogen) atoms. The number of hydrogen-bond donors (Lipinski definition) is 8. The lowest BCUT2D eigenvalue weighted by atomic mass is 9.47. The molecule has 15 heteroatoms. The molecule has 7 aliphatic rings. The molecule has 15 nitrogen and oxygen atoms in total. The maximum Gasteiger partial charge on any atom is 0.187 e. The molecule has 0 aromatic carbocycles. The number of fused-ring (bicyclic) bond motifs is 5. The first-order valence-electron chi connectivity index (χ1n) is 19.7. The first-order chi connectivity index (χ1) is 25.5. The summed E-state index contributed by atoms with van der Waals surface area (Å²) in [7, 11) is 0. The van der Waals surface area contributed by atoms with E-state index >= 15 is 0 Å². The molecule has 0 bridgehead atoms. The average Bonchev–Trinajstić information content (AvgIpc) is 3.50. The fraction of sp³-hybridized carbons (Fsp3) is 0.872. The van der Waals surface area contributed by atoms with Crippen molar-refractivity contribution in [2.75, 3.05) is 6.61 Å². The van der Waals surface area contributed by atoms with Gasteiger partial charge in [0.05, 0.1) is 24.9 Å². The molecule has 3 aliphatic heterocycles. The summed E-state index contributed by atoms with van der Waals surface area (Å²) in [5.74, 6) is 1.53. The van der Waals surface area contributed by atoms with E-state index in [2.05, 4.69) is 26.0 Å². The Morgan fingerprint density at radius 1 is 0.704 bits per heavy atom. The van der Waals surface area contributed by atoms with Crippen molar-refractivity contribution >= 4 is 5.78 Å². The van der Waals surface area contributed by atoms with Crippen molar-refractivity contribution in [1.29, 1.82) is 0 Å². The van der Waals surface area contributed by atoms with Crippen molar-refractivity contribution in [3.8, 4) is 0 Å². The minimum Gasteiger partial charge on any atom is -0.394 e. The number of carbonyl (C=O) groups is 1. The summed E-state index contributed by atoms with van der Waals surface area (Å²) in [6.45, 7) is 8.62. The zero-order valence-corrected chi connectivity index (χ0v) is 31.7. The molecule has 3 heterocycles. The van der Waals surface area contributed by atoms with Gasteiger partial charge in [-0.05, 0) is 99.9 Å². The van der Waals surface area contributed by atoms with E-state index in [4.69, 9.17) is 28.4 Å². The highest BCUT2D eigenvalue weighted by atomic mass is 16.8. The Morgan fingerprint density at radius 2 is 1.30 bits per heavy atom. The van der Waals surface area contributed by atoms with Gasteiger partial charge in [0, 0.05) is 0 Å². The van der Waals surface area contributed by atoms with E-state index in [0.717, 1.165) is 37.7 Å². The third kappa shape index (κ3) is 6.87. The summed E-state index contributed by atoms with van der Waals surface area (Å²) >= 11 is 0. The second kappa shape index (κ2) is 15.4. The van der Waals surface area contributed by atoms with Gasteiger partial charge in [-0.1, -0.05) is 31.6 Å². The second-order valence-corrected chi connectivity index (χ2v) is 17.4. The molecule has 4 aliphatic carbocycles. The number of ketones is 1. The monoisotopic (exact) mass is 768 g/mol. The van der Waals surface area contributed by atoms with Crippen LogP contribution in [0.5, 0.6) is 0 Å². The Bertz CT molecular complexity index is 1440. The van der Waals surface area contributed by atoms with E-state index in [-0.39, 0.29) is 22.7 Å². The lowest BCUT2D eigenvalue weighted by Crippen LogP contribution is -2.66. The fourth-order valence-corrected chi connectivity index (χ4v) is 11.1. The largest absolute Gasteiger partial charge is 0.394 e. The van der Waals surface area contributed by atoms with Crippen LogP contribution in [-0.4, -0.2) is 151 Å². The number of Topliss-reactive ketones (excluding diaryl/α,β-unsaturated/α-hetero) is 1. The number of carbonyl (C=O) groups excluding carboxylic acids is 1. The molecular weight excluding hydrogens is 708 g/mol. The van der Waals surface area contributed by atoms with Crippen molar-refractivity contribution in [1.82, 2.24) is 0 Å². The fourth-order valence-electron chi connectivity index (χ4n) is 11.1. The predicted molar refractivity (Wildman–Crippen MR) is 187 cm³/mol. The quantitative estimate of drug-likeness (QED) is 0.152. The molecule has 7 rings (SSSR count). The van der Waals surface area contributed by atoms with Gasteiger partial charge in [0.1, 0.15) is 61.0 Å². The van der Waals surface area contributed by atoms with Crippen LogP contribution in [0.2, 0.25) is 0 Å². The number of allylic oxidation sites excluding steroid dienone is 3. The first-order valence-corrected chi connectivity index (χ1v) is 19.7. The minimum absolute atomic E-state index is 0.0538. The Kier molecular flexibility index (Phi) is 11.6. The van der Waals surface area contributed by atoms with Crippen molar-refractivity contribution in [2.45, 2.75) is 178 Å². The molecular formula is C39H60O15. The van der Waals surface area contributed by atoms with Gasteiger partial charge in [-0.25, -0.2) is 0 Å². The van der Waals surface area contributed by atoms with Crippen molar-refractivity contribution in [2.24, 2.45) is 28.6 Å². The third-order valence-corrected chi connectivity index (χ3v) is 14.3. The van der Waals surface area contributed by atoms with E-state index in [1.807, 2.05) is 0 Å². The molecule has 0 aromatic heterocycles. The molecule has 8 N–H and O–H groups in total. The Hall–Kier alpha value is -1.41. The van der Waals surface area contributed by atoms with Crippen LogP contribution in [0.25, 0.3) is 0 Å². The summed E-state index contributed by atoms with van der Waals surface area (Å²) in [5, 5.41) is 85.2. The normalized spacial score (nSPS) is 53.5. The van der Waals surface area contributed by atoms with Gasteiger partial charge in [0.2, 0.25) is 0 Å². The molecule has 0 amide bonds. The number of aliphatic hydroxyl groups excluding tert-OH is 8. The summed E-state index contributed by atoms with van der Waals surface area (Å²) in [4.78, 5) is 12.5.